The highest BCUT2D eigenvalue weighted by molar-refractivity contribution is 5.47. The van der Waals surface area contributed by atoms with Gasteiger partial charge in [-0.15, -0.1) is 0 Å². The molecule has 2 nitrogen and oxygen atoms in total. The molecule has 1 atom stereocenters. The van der Waals surface area contributed by atoms with Crippen LogP contribution in [0.2, 0.25) is 0 Å². The molecule has 70 valence electrons. The Balaban J connectivity index is 2.97. The lowest BCUT2D eigenvalue weighted by Gasteiger charge is -2.11. The molecular formula is C9H9F2NO. The number of rotatable bonds is 3. The SMILES string of the molecule is CC(NC=O)c1cc(F)ccc1F. The molecule has 0 aromatic heterocycles. The van der Waals surface area contributed by atoms with Crippen molar-refractivity contribution in [1.29, 1.82) is 0 Å². The van der Waals surface area contributed by atoms with E-state index in [1.165, 1.54) is 0 Å². The first-order chi connectivity index (χ1) is 6.15. The van der Waals surface area contributed by atoms with Crippen LogP contribution < -0.4 is 5.32 Å². The average Bonchev–Trinajstić information content (AvgIpc) is 2.09. The van der Waals surface area contributed by atoms with Gasteiger partial charge < -0.3 is 5.32 Å². The van der Waals surface area contributed by atoms with Gasteiger partial charge in [0, 0.05) is 5.56 Å². The summed E-state index contributed by atoms with van der Waals surface area (Å²) in [5.74, 6) is -1.04. The first-order valence-corrected chi connectivity index (χ1v) is 3.80. The van der Waals surface area contributed by atoms with Gasteiger partial charge in [-0.25, -0.2) is 8.78 Å². The second-order valence-corrected chi connectivity index (χ2v) is 2.67. The number of halogens is 2. The summed E-state index contributed by atoms with van der Waals surface area (Å²) in [4.78, 5) is 10.1. The molecule has 1 rings (SSSR count). The Hall–Kier alpha value is -1.45. The van der Waals surface area contributed by atoms with Crippen molar-refractivity contribution in [2.45, 2.75) is 13.0 Å². The quantitative estimate of drug-likeness (QED) is 0.714. The fraction of sp³-hybridized carbons (Fsp3) is 0.222. The van der Waals surface area contributed by atoms with Gasteiger partial charge in [-0.05, 0) is 25.1 Å². The Morgan fingerprint density at radius 1 is 1.46 bits per heavy atom. The van der Waals surface area contributed by atoms with E-state index in [1.54, 1.807) is 6.92 Å². The van der Waals surface area contributed by atoms with Crippen LogP contribution >= 0.6 is 0 Å². The highest BCUT2D eigenvalue weighted by atomic mass is 19.1. The molecule has 0 bridgehead atoms. The van der Waals surface area contributed by atoms with Crippen molar-refractivity contribution in [3.8, 4) is 0 Å². The van der Waals surface area contributed by atoms with Crippen LogP contribution in [0.5, 0.6) is 0 Å². The van der Waals surface area contributed by atoms with Crippen LogP contribution in [0.3, 0.4) is 0 Å². The maximum Gasteiger partial charge on any atom is 0.207 e. The summed E-state index contributed by atoms with van der Waals surface area (Å²) in [6.45, 7) is 1.58. The smallest absolute Gasteiger partial charge is 0.207 e. The first-order valence-electron chi connectivity index (χ1n) is 3.80. The molecule has 1 unspecified atom stereocenters. The van der Waals surface area contributed by atoms with Crippen molar-refractivity contribution in [1.82, 2.24) is 5.32 Å². The predicted octanol–water partition coefficient (Wildman–Crippen LogP) is 1.77. The minimum Gasteiger partial charge on any atom is -0.352 e. The summed E-state index contributed by atoms with van der Waals surface area (Å²) in [5, 5.41) is 2.34. The van der Waals surface area contributed by atoms with Crippen molar-refractivity contribution in [2.24, 2.45) is 0 Å². The molecule has 1 aromatic rings. The normalized spacial score (nSPS) is 12.2. The number of carbonyl (C=O) groups excluding carboxylic acids is 1. The highest BCUT2D eigenvalue weighted by Gasteiger charge is 2.10. The fourth-order valence-corrected chi connectivity index (χ4v) is 1.04. The molecule has 0 fully saturated rings. The summed E-state index contributed by atoms with van der Waals surface area (Å²) in [5.41, 5.74) is 0.145. The lowest BCUT2D eigenvalue weighted by Crippen LogP contribution is -2.17. The third kappa shape index (κ3) is 2.24. The molecule has 0 aliphatic heterocycles. The summed E-state index contributed by atoms with van der Waals surface area (Å²) in [6.07, 6.45) is 0.453. The summed E-state index contributed by atoms with van der Waals surface area (Å²) in [7, 11) is 0. The number of nitrogens with one attached hydrogen (secondary N) is 1. The van der Waals surface area contributed by atoms with E-state index in [0.717, 1.165) is 18.2 Å². The van der Waals surface area contributed by atoms with Crippen molar-refractivity contribution >= 4 is 6.41 Å². The Labute approximate surface area is 74.6 Å². The van der Waals surface area contributed by atoms with E-state index in [1.807, 2.05) is 0 Å². The van der Waals surface area contributed by atoms with Crippen molar-refractivity contribution in [3.63, 3.8) is 0 Å². The zero-order valence-electron chi connectivity index (χ0n) is 7.05. The molecule has 0 saturated heterocycles. The monoisotopic (exact) mass is 185 g/mol. The molecule has 0 heterocycles. The molecule has 0 radical (unpaired) electrons. The van der Waals surface area contributed by atoms with Gasteiger partial charge in [-0.2, -0.15) is 0 Å². The Morgan fingerprint density at radius 3 is 2.77 bits per heavy atom. The van der Waals surface area contributed by atoms with Gasteiger partial charge >= 0.3 is 0 Å². The van der Waals surface area contributed by atoms with Gasteiger partial charge in [0.15, 0.2) is 0 Å². The minimum atomic E-state index is -0.525. The lowest BCUT2D eigenvalue weighted by molar-refractivity contribution is -0.110. The predicted molar refractivity (Wildman–Crippen MR) is 44.0 cm³/mol. The molecular weight excluding hydrogens is 176 g/mol. The third-order valence-electron chi connectivity index (χ3n) is 1.74. The van der Waals surface area contributed by atoms with Crippen molar-refractivity contribution in [3.05, 3.63) is 35.4 Å². The maximum absolute atomic E-state index is 13.0. The molecule has 0 aliphatic rings. The largest absolute Gasteiger partial charge is 0.352 e. The van der Waals surface area contributed by atoms with E-state index in [-0.39, 0.29) is 5.56 Å². The van der Waals surface area contributed by atoms with E-state index >= 15 is 0 Å². The van der Waals surface area contributed by atoms with E-state index in [0.29, 0.717) is 6.41 Å². The third-order valence-corrected chi connectivity index (χ3v) is 1.74. The fourth-order valence-electron chi connectivity index (χ4n) is 1.04. The van der Waals surface area contributed by atoms with Gasteiger partial charge in [0.2, 0.25) is 6.41 Å². The van der Waals surface area contributed by atoms with Crippen LogP contribution in [0, 0.1) is 11.6 Å². The van der Waals surface area contributed by atoms with E-state index in [2.05, 4.69) is 5.32 Å². The van der Waals surface area contributed by atoms with Crippen LogP contribution in [0.15, 0.2) is 18.2 Å². The van der Waals surface area contributed by atoms with E-state index < -0.39 is 17.7 Å². The van der Waals surface area contributed by atoms with Gasteiger partial charge in [-0.1, -0.05) is 0 Å². The van der Waals surface area contributed by atoms with Gasteiger partial charge in [0.25, 0.3) is 0 Å². The van der Waals surface area contributed by atoms with E-state index in [9.17, 15) is 13.6 Å². The Bertz CT molecular complexity index is 314. The van der Waals surface area contributed by atoms with E-state index in [4.69, 9.17) is 0 Å². The summed E-state index contributed by atoms with van der Waals surface area (Å²) < 4.78 is 25.7. The van der Waals surface area contributed by atoms with Crippen LogP contribution in [0.25, 0.3) is 0 Å². The Morgan fingerprint density at radius 2 is 2.15 bits per heavy atom. The molecule has 4 heteroatoms. The number of benzene rings is 1. The number of carbonyl (C=O) groups is 1. The van der Waals surface area contributed by atoms with Crippen LogP contribution in [0.4, 0.5) is 8.78 Å². The first kappa shape index (κ1) is 9.64. The van der Waals surface area contributed by atoms with Crippen LogP contribution in [-0.2, 0) is 4.79 Å². The molecule has 0 aliphatic carbocycles. The average molecular weight is 185 g/mol. The zero-order valence-corrected chi connectivity index (χ0v) is 7.05. The summed E-state index contributed by atoms with van der Waals surface area (Å²) in [6, 6.07) is 2.62. The second kappa shape index (κ2) is 3.98. The number of amides is 1. The van der Waals surface area contributed by atoms with Crippen LogP contribution in [-0.4, -0.2) is 6.41 Å². The maximum atomic E-state index is 13.0. The Kier molecular flexibility index (Phi) is 2.95. The molecule has 1 aromatic carbocycles. The summed E-state index contributed by atoms with van der Waals surface area (Å²) >= 11 is 0. The van der Waals surface area contributed by atoms with Crippen molar-refractivity contribution in [2.75, 3.05) is 0 Å². The van der Waals surface area contributed by atoms with Gasteiger partial charge in [0.1, 0.15) is 11.6 Å². The second-order valence-electron chi connectivity index (χ2n) is 2.67. The standard InChI is InChI=1S/C9H9F2NO/c1-6(12-5-13)8-4-7(10)2-3-9(8)11/h2-6H,1H3,(H,12,13). The molecule has 13 heavy (non-hydrogen) atoms. The lowest BCUT2D eigenvalue weighted by atomic mass is 10.1. The highest BCUT2D eigenvalue weighted by Crippen LogP contribution is 2.17. The molecule has 1 amide bonds. The van der Waals surface area contributed by atoms with Crippen LogP contribution in [0.1, 0.15) is 18.5 Å². The zero-order chi connectivity index (χ0) is 9.84. The molecule has 1 N–H and O–H groups in total. The van der Waals surface area contributed by atoms with Gasteiger partial charge in [-0.3, -0.25) is 4.79 Å². The minimum absolute atomic E-state index is 0.145. The van der Waals surface area contributed by atoms with Gasteiger partial charge in [0.05, 0.1) is 6.04 Å². The number of hydrogen-bond acceptors (Lipinski definition) is 1. The molecule has 0 saturated carbocycles. The topological polar surface area (TPSA) is 29.1 Å². The molecule has 0 spiro atoms. The number of hydrogen-bond donors (Lipinski definition) is 1. The van der Waals surface area contributed by atoms with Crippen molar-refractivity contribution < 1.29 is 13.6 Å².